The van der Waals surface area contributed by atoms with Crippen LogP contribution in [0.15, 0.2) is 114 Å². The molecular weight excluding hydrogens is 693 g/mol. The van der Waals surface area contributed by atoms with Crippen LogP contribution in [0.2, 0.25) is 0 Å². The van der Waals surface area contributed by atoms with Crippen LogP contribution in [-0.4, -0.2) is 86.6 Å². The van der Waals surface area contributed by atoms with E-state index in [9.17, 15) is 14.9 Å². The molecule has 0 bridgehead atoms. The van der Waals surface area contributed by atoms with E-state index in [4.69, 9.17) is 4.99 Å². The second kappa shape index (κ2) is 11.2. The van der Waals surface area contributed by atoms with Gasteiger partial charge in [-0.25, -0.2) is 14.8 Å². The number of urea groups is 1. The number of carbonyl (C=O) groups excluding carboxylic acids is 3. The smallest absolute Gasteiger partial charge is 0.310 e. The Labute approximate surface area is 310 Å². The number of hydrogen-bond acceptors (Lipinski definition) is 9. The first kappa shape index (κ1) is 33.3. The van der Waals surface area contributed by atoms with Crippen LogP contribution >= 0.6 is 11.8 Å². The molecule has 3 unspecified atom stereocenters. The molecule has 1 N–H and O–H groups in total. The summed E-state index contributed by atoms with van der Waals surface area (Å²) in [6.45, 7) is 2.59. The standard InChI is InChI=1S/C39H36N8O5S/c1-5-45-31-19-13-12-18-29(31)36(32(45)48)37(30(24-42(36)2)25-20-22-28(23-21-25)47(51)52)33(49)46-34(53-37)40-38(26-14-8-6-9-15-26)39(41-46,27-16-10-7-11-17-27)44(4)35(50)43(38)3/h6-23,30,41H,5,24H2,1-4H3/t30?,36?,37?,38-,39+/m1/s1. The average molecular weight is 729 g/mol. The van der Waals surface area contributed by atoms with Crippen molar-refractivity contribution in [3.8, 4) is 0 Å². The Bertz CT molecular complexity index is 2260. The molecule has 0 aliphatic carbocycles. The van der Waals surface area contributed by atoms with E-state index < -0.39 is 38.4 Å². The highest BCUT2D eigenvalue weighted by molar-refractivity contribution is 8.16. The average Bonchev–Trinajstić information content (AvgIpc) is 3.78. The molecule has 4 aromatic carbocycles. The van der Waals surface area contributed by atoms with Gasteiger partial charge in [-0.1, -0.05) is 103 Å². The van der Waals surface area contributed by atoms with Gasteiger partial charge in [-0.2, -0.15) is 5.43 Å². The molecule has 13 nitrogen and oxygen atoms in total. The molecule has 5 aliphatic rings. The van der Waals surface area contributed by atoms with Gasteiger partial charge in [0.1, 0.15) is 4.75 Å². The number of aliphatic imine (C=N–C) groups is 1. The van der Waals surface area contributed by atoms with Crippen LogP contribution in [0.1, 0.15) is 35.1 Å². The number of amides is 4. The van der Waals surface area contributed by atoms with Gasteiger partial charge in [0.15, 0.2) is 16.4 Å². The number of nitrogens with one attached hydrogen (secondary N) is 1. The van der Waals surface area contributed by atoms with E-state index in [0.29, 0.717) is 34.9 Å². The van der Waals surface area contributed by atoms with Crippen molar-refractivity contribution >= 4 is 46.1 Å². The lowest BCUT2D eigenvalue weighted by Crippen LogP contribution is -2.72. The minimum Gasteiger partial charge on any atom is -0.310 e. The summed E-state index contributed by atoms with van der Waals surface area (Å²) in [5, 5.41) is 13.5. The Balaban J connectivity index is 1.34. The zero-order chi connectivity index (χ0) is 37.1. The summed E-state index contributed by atoms with van der Waals surface area (Å²) >= 11 is 1.23. The number of nitrogens with zero attached hydrogens (tertiary/aromatic N) is 7. The normalized spacial score (nSPS) is 30.4. The fourth-order valence-corrected chi connectivity index (χ4v) is 11.4. The quantitative estimate of drug-likeness (QED) is 0.229. The Hall–Kier alpha value is -5.57. The van der Waals surface area contributed by atoms with Crippen LogP contribution < -0.4 is 10.3 Å². The lowest BCUT2D eigenvalue weighted by molar-refractivity contribution is -0.384. The number of thioether (sulfide) groups is 1. The summed E-state index contributed by atoms with van der Waals surface area (Å²) in [4.78, 5) is 69.2. The van der Waals surface area contributed by atoms with Gasteiger partial charge in [0.25, 0.3) is 17.5 Å². The van der Waals surface area contributed by atoms with E-state index in [2.05, 4.69) is 5.43 Å². The second-order valence-corrected chi connectivity index (χ2v) is 15.3. The minimum atomic E-state index is -1.55. The number of amidine groups is 1. The first-order valence-corrected chi connectivity index (χ1v) is 18.2. The Morgan fingerprint density at radius 3 is 2.09 bits per heavy atom. The summed E-state index contributed by atoms with van der Waals surface area (Å²) in [6, 6.07) is 32.6. The third kappa shape index (κ3) is 3.75. The topological polar surface area (TPSA) is 135 Å². The molecule has 4 aromatic rings. The zero-order valence-corrected chi connectivity index (χ0v) is 30.3. The van der Waals surface area contributed by atoms with Crippen LogP contribution in [-0.2, 0) is 26.5 Å². The summed E-state index contributed by atoms with van der Waals surface area (Å²) in [6.07, 6.45) is 0. The number of para-hydroxylation sites is 1. The number of nitro benzene ring substituents is 1. The maximum Gasteiger partial charge on any atom is 0.323 e. The Morgan fingerprint density at radius 2 is 1.45 bits per heavy atom. The van der Waals surface area contributed by atoms with Crippen molar-refractivity contribution in [3.05, 3.63) is 142 Å². The molecule has 268 valence electrons. The summed E-state index contributed by atoms with van der Waals surface area (Å²) in [5.74, 6) is -1.25. The van der Waals surface area contributed by atoms with Gasteiger partial charge in [-0.3, -0.25) is 34.4 Å². The van der Waals surface area contributed by atoms with Gasteiger partial charge in [0.05, 0.1) is 4.92 Å². The van der Waals surface area contributed by atoms with E-state index in [1.165, 1.54) is 28.9 Å². The maximum atomic E-state index is 16.0. The van der Waals surface area contributed by atoms with Crippen molar-refractivity contribution < 1.29 is 19.3 Å². The number of hydrazine groups is 1. The lowest BCUT2D eigenvalue weighted by Gasteiger charge is -2.51. The molecule has 53 heavy (non-hydrogen) atoms. The van der Waals surface area contributed by atoms with Gasteiger partial charge in [-0.15, -0.1) is 0 Å². The number of rotatable bonds is 5. The highest BCUT2D eigenvalue weighted by Gasteiger charge is 2.81. The third-order valence-electron chi connectivity index (χ3n) is 11.9. The van der Waals surface area contributed by atoms with E-state index in [0.717, 1.165) is 11.3 Å². The number of non-ortho nitro benzene ring substituents is 1. The van der Waals surface area contributed by atoms with Crippen molar-refractivity contribution in [2.45, 2.75) is 34.5 Å². The van der Waals surface area contributed by atoms with E-state index in [1.54, 1.807) is 40.9 Å². The Morgan fingerprint density at radius 1 is 0.830 bits per heavy atom. The predicted octanol–water partition coefficient (Wildman–Crippen LogP) is 4.78. The molecule has 5 atom stereocenters. The first-order valence-electron chi connectivity index (χ1n) is 17.4. The van der Waals surface area contributed by atoms with Crippen molar-refractivity contribution in [1.29, 1.82) is 0 Å². The Kier molecular flexibility index (Phi) is 7.04. The van der Waals surface area contributed by atoms with Crippen LogP contribution in [0.25, 0.3) is 0 Å². The van der Waals surface area contributed by atoms with E-state index >= 15 is 9.59 Å². The zero-order valence-electron chi connectivity index (χ0n) is 29.5. The molecule has 14 heteroatoms. The van der Waals surface area contributed by atoms with E-state index in [1.807, 2.05) is 104 Å². The first-order chi connectivity index (χ1) is 25.5. The fraction of sp³-hybridized carbons (Fsp3) is 0.282. The van der Waals surface area contributed by atoms with E-state index in [-0.39, 0.29) is 17.6 Å². The molecule has 4 amide bonds. The summed E-state index contributed by atoms with van der Waals surface area (Å²) in [5.41, 5.74) is 2.77. The van der Waals surface area contributed by atoms with Crippen LogP contribution in [0.5, 0.6) is 0 Å². The van der Waals surface area contributed by atoms with Gasteiger partial charge in [-0.05, 0) is 31.2 Å². The number of anilines is 1. The number of hydrogen-bond donors (Lipinski definition) is 1. The molecule has 3 saturated heterocycles. The molecule has 2 spiro atoms. The number of likely N-dealkylation sites (tertiary alicyclic amines) is 1. The van der Waals surface area contributed by atoms with Gasteiger partial charge in [0, 0.05) is 62.0 Å². The minimum absolute atomic E-state index is 0.0738. The number of benzene rings is 4. The van der Waals surface area contributed by atoms with Crippen molar-refractivity contribution in [2.24, 2.45) is 4.99 Å². The largest absolute Gasteiger partial charge is 0.323 e. The highest BCUT2D eigenvalue weighted by atomic mass is 32.2. The molecule has 0 radical (unpaired) electrons. The summed E-state index contributed by atoms with van der Waals surface area (Å²) < 4.78 is -1.55. The van der Waals surface area contributed by atoms with Crippen molar-refractivity contribution in [1.82, 2.24) is 25.1 Å². The number of nitro groups is 1. The lowest BCUT2D eigenvalue weighted by atomic mass is 9.72. The molecule has 5 heterocycles. The molecule has 0 saturated carbocycles. The molecule has 5 aliphatic heterocycles. The van der Waals surface area contributed by atoms with Crippen LogP contribution in [0, 0.1) is 10.1 Å². The molecular formula is C39H36N8O5S. The molecule has 3 fully saturated rings. The maximum absolute atomic E-state index is 16.0. The monoisotopic (exact) mass is 728 g/mol. The van der Waals surface area contributed by atoms with Gasteiger partial charge in [0.2, 0.25) is 5.66 Å². The summed E-state index contributed by atoms with van der Waals surface area (Å²) in [7, 11) is 5.29. The number of likely N-dealkylation sites (N-methyl/N-ethyl adjacent to an activating group) is 4. The van der Waals surface area contributed by atoms with Crippen LogP contribution in [0.4, 0.5) is 16.2 Å². The third-order valence-corrected chi connectivity index (χ3v) is 13.5. The number of carbonyl (C=O) groups is 3. The van der Waals surface area contributed by atoms with Gasteiger partial charge >= 0.3 is 6.03 Å². The predicted molar refractivity (Wildman–Crippen MR) is 200 cm³/mol. The molecule has 9 rings (SSSR count). The second-order valence-electron chi connectivity index (χ2n) is 14.1. The van der Waals surface area contributed by atoms with Crippen molar-refractivity contribution in [2.75, 3.05) is 39.1 Å². The van der Waals surface area contributed by atoms with Crippen LogP contribution in [0.3, 0.4) is 0 Å². The SMILES string of the molecule is CCN1C(=O)C2(c3ccccc31)N(C)CC(c1ccc([N+](=O)[O-])cc1)C21SC2=N[C@]3(c4ccccc4)N(C)C(=O)N(C)[C@]3(c3ccccc3)NN2C1=O. The number of fused-ring (bicyclic) bond motifs is 5. The fourth-order valence-electron chi connectivity index (χ4n) is 9.70. The van der Waals surface area contributed by atoms with Gasteiger partial charge < -0.3 is 4.90 Å². The molecule has 0 aromatic heterocycles. The highest BCUT2D eigenvalue weighted by Crippen LogP contribution is 2.68. The van der Waals surface area contributed by atoms with Crippen molar-refractivity contribution in [3.63, 3.8) is 0 Å².